The number of hydrogen-bond acceptors (Lipinski definition) is 9. The van der Waals surface area contributed by atoms with Gasteiger partial charge in [0.05, 0.1) is 30.7 Å². The van der Waals surface area contributed by atoms with Gasteiger partial charge in [0.1, 0.15) is 0 Å². The Morgan fingerprint density at radius 2 is 1.72 bits per heavy atom. The van der Waals surface area contributed by atoms with Crippen molar-refractivity contribution in [2.45, 2.75) is 13.0 Å². The van der Waals surface area contributed by atoms with Crippen LogP contribution < -0.4 is 45.4 Å². The first-order valence-electron chi connectivity index (χ1n) is 14.2. The van der Waals surface area contributed by atoms with Crippen LogP contribution in [0.25, 0.3) is 28.1 Å². The Hall–Kier alpha value is -5.61. The van der Waals surface area contributed by atoms with Gasteiger partial charge >= 0.3 is 11.9 Å². The zero-order valence-electron chi connectivity index (χ0n) is 24.8. The third kappa shape index (κ3) is 5.78. The third-order valence-corrected chi connectivity index (χ3v) is 7.70. The van der Waals surface area contributed by atoms with E-state index in [-0.39, 0.29) is 24.9 Å². The molecule has 7 rings (SSSR count). The highest BCUT2D eigenvalue weighted by molar-refractivity contribution is 5.96. The molecule has 5 aromatic rings. The molecule has 2 aliphatic heterocycles. The number of carbonyl (C=O) groups is 2. The molecule has 0 atom stereocenters. The Labute approximate surface area is 270 Å². The molecular formula is C35H27ClN2O8. The molecule has 0 saturated heterocycles. The number of hydrogen-bond donors (Lipinski definition) is 0. The van der Waals surface area contributed by atoms with Gasteiger partial charge in [-0.05, 0) is 71.1 Å². The summed E-state index contributed by atoms with van der Waals surface area (Å²) in [4.78, 5) is 29.5. The first-order chi connectivity index (χ1) is 22.0. The van der Waals surface area contributed by atoms with Gasteiger partial charge in [0.15, 0.2) is 47.2 Å². The Kier molecular flexibility index (Phi) is 8.45. The Balaban J connectivity index is 0.00000372. The number of halogens is 1. The Morgan fingerprint density at radius 1 is 0.913 bits per heavy atom. The normalized spacial score (nSPS) is 12.6. The molecule has 11 heteroatoms. The quantitative estimate of drug-likeness (QED) is 0.115. The molecule has 3 aromatic carbocycles. The number of aromatic nitrogens is 2. The molecule has 2 aliphatic rings. The fraction of sp³-hybridized carbons (Fsp3) is 0.143. The average Bonchev–Trinajstić information content (AvgIpc) is 3.54. The number of rotatable bonds is 7. The minimum Gasteiger partial charge on any atom is -1.00 e. The monoisotopic (exact) mass is 638 g/mol. The summed E-state index contributed by atoms with van der Waals surface area (Å²) in [5.41, 5.74) is 4.26. The Morgan fingerprint density at radius 3 is 2.50 bits per heavy atom. The lowest BCUT2D eigenvalue weighted by atomic mass is 9.95. The van der Waals surface area contributed by atoms with Crippen LogP contribution in [0.5, 0.6) is 34.5 Å². The first-order valence-corrected chi connectivity index (χ1v) is 14.2. The maximum Gasteiger partial charge on any atom is 0.345 e. The van der Waals surface area contributed by atoms with Crippen molar-refractivity contribution in [1.29, 1.82) is 0 Å². The van der Waals surface area contributed by atoms with Crippen molar-refractivity contribution in [2.75, 3.05) is 21.0 Å². The lowest BCUT2D eigenvalue weighted by molar-refractivity contribution is -0.686. The van der Waals surface area contributed by atoms with E-state index in [9.17, 15) is 9.59 Å². The van der Waals surface area contributed by atoms with Crippen LogP contribution in [0.4, 0.5) is 0 Å². The number of aryl methyl sites for hydroxylation is 2. The number of nitrogens with zero attached hydrogens (tertiary/aromatic N) is 2. The SMILES string of the molecule is COc1cc(/C=C/C(=O)Oc2c(OC)ccc3cc4[n+](cc23)CCc2cc3c(cc2-4)OCO3)ccc1OC(=O)c1cccnc1.[Cl-]. The molecule has 0 amide bonds. The zero-order chi connectivity index (χ0) is 30.9. The molecule has 4 heterocycles. The van der Waals surface area contributed by atoms with Gasteiger partial charge in [-0.1, -0.05) is 6.07 Å². The molecule has 0 unspecified atom stereocenters. The van der Waals surface area contributed by atoms with Crippen molar-refractivity contribution in [3.05, 3.63) is 102 Å². The number of pyridine rings is 2. The third-order valence-electron chi connectivity index (χ3n) is 7.70. The topological polar surface area (TPSA) is 106 Å². The molecule has 2 aromatic heterocycles. The van der Waals surface area contributed by atoms with Crippen molar-refractivity contribution >= 4 is 28.8 Å². The molecule has 232 valence electrons. The van der Waals surface area contributed by atoms with Gasteiger partial charge in [0.2, 0.25) is 12.5 Å². The summed E-state index contributed by atoms with van der Waals surface area (Å²) in [6.45, 7) is 0.970. The van der Waals surface area contributed by atoms with E-state index < -0.39 is 11.9 Å². The van der Waals surface area contributed by atoms with Crippen molar-refractivity contribution < 1.29 is 55.0 Å². The number of fused-ring (bicyclic) bond motifs is 5. The smallest absolute Gasteiger partial charge is 0.345 e. The van der Waals surface area contributed by atoms with E-state index in [0.29, 0.717) is 28.4 Å². The number of ether oxygens (including phenoxy) is 6. The summed E-state index contributed by atoms with van der Waals surface area (Å²) in [6.07, 6.45) is 8.71. The fourth-order valence-electron chi connectivity index (χ4n) is 5.48. The molecule has 0 radical (unpaired) electrons. The summed E-state index contributed by atoms with van der Waals surface area (Å²) in [5.74, 6) is 1.68. The van der Waals surface area contributed by atoms with Gasteiger partial charge in [-0.3, -0.25) is 4.98 Å². The first kappa shape index (κ1) is 30.4. The fourth-order valence-corrected chi connectivity index (χ4v) is 5.48. The largest absolute Gasteiger partial charge is 1.00 e. The van der Waals surface area contributed by atoms with Crippen LogP contribution in [0.3, 0.4) is 0 Å². The molecular weight excluding hydrogens is 612 g/mol. The van der Waals surface area contributed by atoms with Crippen molar-refractivity contribution in [1.82, 2.24) is 4.98 Å². The number of benzene rings is 3. The zero-order valence-corrected chi connectivity index (χ0v) is 25.6. The highest BCUT2D eigenvalue weighted by Crippen LogP contribution is 2.42. The maximum atomic E-state index is 13.1. The number of carbonyl (C=O) groups excluding carboxylic acids is 2. The van der Waals surface area contributed by atoms with E-state index in [1.54, 1.807) is 48.7 Å². The molecule has 46 heavy (non-hydrogen) atoms. The Bertz CT molecular complexity index is 2010. The van der Waals surface area contributed by atoms with Crippen LogP contribution in [0.15, 0.2) is 85.3 Å². The second kappa shape index (κ2) is 12.8. The van der Waals surface area contributed by atoms with E-state index >= 15 is 0 Å². The molecule has 0 spiro atoms. The molecule has 0 N–H and O–H groups in total. The van der Waals surface area contributed by atoms with E-state index in [1.807, 2.05) is 18.3 Å². The second-order valence-electron chi connectivity index (χ2n) is 10.4. The van der Waals surface area contributed by atoms with Crippen LogP contribution in [0.1, 0.15) is 21.5 Å². The van der Waals surface area contributed by atoms with Gasteiger partial charge in [0.25, 0.3) is 0 Å². The van der Waals surface area contributed by atoms with Crippen LogP contribution in [-0.4, -0.2) is 37.9 Å². The van der Waals surface area contributed by atoms with Gasteiger partial charge in [-0.15, -0.1) is 0 Å². The molecule has 0 bridgehead atoms. The standard InChI is InChI=1S/C35H27N2O8.ClH/c1-40-29-9-7-22-15-27-25-17-32-31(42-20-43-32)16-23(25)11-13-37(27)19-26(22)34(29)45-33(38)10-6-21-5-8-28(30(14-21)41-2)44-35(39)24-4-3-12-36-18-24;/h3-10,12,14-19H,11,13,20H2,1-2H3;1H/q+1;/p-1/b10-6+;. The number of esters is 2. The second-order valence-corrected chi connectivity index (χ2v) is 10.4. The predicted octanol–water partition coefficient (Wildman–Crippen LogP) is 2.33. The highest BCUT2D eigenvalue weighted by Gasteiger charge is 2.29. The molecule has 10 nitrogen and oxygen atoms in total. The van der Waals surface area contributed by atoms with E-state index in [1.165, 1.54) is 32.1 Å². The molecule has 0 fully saturated rings. The summed E-state index contributed by atoms with van der Waals surface area (Å²) in [7, 11) is 3.00. The summed E-state index contributed by atoms with van der Waals surface area (Å²) in [6, 6.07) is 18.1. The van der Waals surface area contributed by atoms with Crippen LogP contribution in [-0.2, 0) is 17.8 Å². The van der Waals surface area contributed by atoms with Crippen LogP contribution in [0, 0.1) is 0 Å². The molecule has 0 aliphatic carbocycles. The lowest BCUT2D eigenvalue weighted by Crippen LogP contribution is -3.00. The van der Waals surface area contributed by atoms with Gasteiger partial charge < -0.3 is 40.8 Å². The van der Waals surface area contributed by atoms with E-state index in [4.69, 9.17) is 28.4 Å². The minimum absolute atomic E-state index is 0. The van der Waals surface area contributed by atoms with Gasteiger partial charge in [-0.25, -0.2) is 9.59 Å². The van der Waals surface area contributed by atoms with Gasteiger partial charge in [0, 0.05) is 31.0 Å². The van der Waals surface area contributed by atoms with Crippen molar-refractivity contribution in [3.8, 4) is 45.8 Å². The van der Waals surface area contributed by atoms with E-state index in [0.717, 1.165) is 46.5 Å². The van der Waals surface area contributed by atoms with E-state index in [2.05, 4.69) is 21.7 Å². The predicted molar refractivity (Wildman–Crippen MR) is 163 cm³/mol. The van der Waals surface area contributed by atoms with Crippen LogP contribution >= 0.6 is 0 Å². The van der Waals surface area contributed by atoms with Crippen molar-refractivity contribution in [3.63, 3.8) is 0 Å². The summed E-state index contributed by atoms with van der Waals surface area (Å²) in [5, 5.41) is 1.63. The van der Waals surface area contributed by atoms with Crippen LogP contribution in [0.2, 0.25) is 0 Å². The maximum absolute atomic E-state index is 13.1. The highest BCUT2D eigenvalue weighted by atomic mass is 35.5. The van der Waals surface area contributed by atoms with Crippen molar-refractivity contribution in [2.24, 2.45) is 0 Å². The summed E-state index contributed by atoms with van der Waals surface area (Å²) >= 11 is 0. The average molecular weight is 639 g/mol. The minimum atomic E-state index is -0.590. The van der Waals surface area contributed by atoms with Gasteiger partial charge in [-0.2, -0.15) is 4.57 Å². The number of methoxy groups -OCH3 is 2. The molecule has 0 saturated carbocycles. The summed E-state index contributed by atoms with van der Waals surface area (Å²) < 4.78 is 35.7. The lowest BCUT2D eigenvalue weighted by Gasteiger charge is -2.17.